The van der Waals surface area contributed by atoms with Crippen molar-refractivity contribution in [2.45, 2.75) is 6.04 Å². The molecular weight excluding hydrogens is 326 g/mol. The quantitative estimate of drug-likeness (QED) is 0.620. The van der Waals surface area contributed by atoms with E-state index in [4.69, 9.17) is 20.8 Å². The fourth-order valence-corrected chi connectivity index (χ4v) is 2.16. The van der Waals surface area contributed by atoms with Crippen LogP contribution in [0.1, 0.15) is 11.8 Å². The number of anilines is 1. The average Bonchev–Trinajstić information content (AvgIpc) is 3.00. The molecule has 0 saturated heterocycles. The number of nitrogens with one attached hydrogen (secondary N) is 2. The van der Waals surface area contributed by atoms with Gasteiger partial charge in [-0.1, -0.05) is 11.6 Å². The molecule has 0 spiro atoms. The molecule has 9 heteroatoms. The second-order valence-corrected chi connectivity index (χ2v) is 4.95. The molecule has 1 heterocycles. The molecule has 0 saturated carbocycles. The van der Waals surface area contributed by atoms with Crippen LogP contribution in [0.2, 0.25) is 5.02 Å². The van der Waals surface area contributed by atoms with E-state index in [0.717, 1.165) is 0 Å². The van der Waals surface area contributed by atoms with Crippen molar-refractivity contribution in [1.82, 2.24) is 5.32 Å². The lowest BCUT2D eigenvalue weighted by molar-refractivity contribution is -0.384. The fraction of sp³-hybridized carbons (Fsp3) is 0.214. The highest BCUT2D eigenvalue weighted by Crippen LogP contribution is 2.27. The predicted octanol–water partition coefficient (Wildman–Crippen LogP) is 3.35. The van der Waals surface area contributed by atoms with Crippen LogP contribution in [0.3, 0.4) is 0 Å². The van der Waals surface area contributed by atoms with Crippen molar-refractivity contribution in [3.63, 3.8) is 0 Å². The Hall–Kier alpha value is -2.58. The van der Waals surface area contributed by atoms with E-state index in [2.05, 4.69) is 10.6 Å². The number of urea groups is 1. The number of nitro groups is 1. The van der Waals surface area contributed by atoms with Crippen LogP contribution in [0.15, 0.2) is 41.0 Å². The first-order valence-electron chi connectivity index (χ1n) is 6.55. The predicted molar refractivity (Wildman–Crippen MR) is 83.6 cm³/mol. The molecule has 0 radical (unpaired) electrons. The van der Waals surface area contributed by atoms with Crippen LogP contribution in [0.25, 0.3) is 0 Å². The van der Waals surface area contributed by atoms with E-state index in [1.807, 2.05) is 0 Å². The number of furan rings is 1. The summed E-state index contributed by atoms with van der Waals surface area (Å²) in [6.07, 6.45) is 1.49. The summed E-state index contributed by atoms with van der Waals surface area (Å²) in [6.45, 7) is 0.224. The molecular formula is C14H14ClN3O5. The van der Waals surface area contributed by atoms with Crippen molar-refractivity contribution in [3.8, 4) is 0 Å². The zero-order chi connectivity index (χ0) is 16.8. The van der Waals surface area contributed by atoms with Crippen LogP contribution >= 0.6 is 11.6 Å². The Kier molecular flexibility index (Phi) is 5.56. The zero-order valence-electron chi connectivity index (χ0n) is 12.1. The lowest BCUT2D eigenvalue weighted by Gasteiger charge is -2.16. The molecule has 0 aliphatic rings. The smallest absolute Gasteiger partial charge is 0.319 e. The number of rotatable bonds is 6. The molecule has 2 aromatic rings. The van der Waals surface area contributed by atoms with Crippen molar-refractivity contribution in [2.24, 2.45) is 0 Å². The molecule has 8 nitrogen and oxygen atoms in total. The maximum absolute atomic E-state index is 12.0. The molecule has 122 valence electrons. The van der Waals surface area contributed by atoms with E-state index in [1.165, 1.54) is 31.6 Å². The number of nitro benzene ring substituents is 1. The van der Waals surface area contributed by atoms with Gasteiger partial charge in [-0.3, -0.25) is 10.1 Å². The Balaban J connectivity index is 2.03. The number of halogens is 1. The molecule has 2 amide bonds. The van der Waals surface area contributed by atoms with Crippen molar-refractivity contribution >= 4 is 29.0 Å². The Morgan fingerprint density at radius 3 is 2.83 bits per heavy atom. The number of carbonyl (C=O) groups excluding carboxylic acids is 1. The Morgan fingerprint density at radius 1 is 1.48 bits per heavy atom. The summed E-state index contributed by atoms with van der Waals surface area (Å²) in [5, 5.41) is 15.9. The van der Waals surface area contributed by atoms with E-state index < -0.39 is 17.0 Å². The van der Waals surface area contributed by atoms with Gasteiger partial charge in [-0.05, 0) is 24.3 Å². The highest BCUT2D eigenvalue weighted by Gasteiger charge is 2.18. The number of nitrogens with zero attached hydrogens (tertiary/aromatic N) is 1. The second kappa shape index (κ2) is 7.61. The third-order valence-electron chi connectivity index (χ3n) is 2.93. The van der Waals surface area contributed by atoms with Gasteiger partial charge in [0, 0.05) is 18.9 Å². The van der Waals surface area contributed by atoms with Gasteiger partial charge in [0.15, 0.2) is 0 Å². The Morgan fingerprint density at radius 2 is 2.26 bits per heavy atom. The number of ether oxygens (including phenoxy) is 1. The minimum atomic E-state index is -0.599. The summed E-state index contributed by atoms with van der Waals surface area (Å²) in [4.78, 5) is 22.1. The minimum absolute atomic E-state index is 0.0627. The summed E-state index contributed by atoms with van der Waals surface area (Å²) in [5.41, 5.74) is 0.0965. The maximum Gasteiger partial charge on any atom is 0.319 e. The van der Waals surface area contributed by atoms with Gasteiger partial charge >= 0.3 is 6.03 Å². The fourth-order valence-electron chi connectivity index (χ4n) is 1.91. The molecule has 23 heavy (non-hydrogen) atoms. The van der Waals surface area contributed by atoms with Crippen LogP contribution in [-0.2, 0) is 4.74 Å². The van der Waals surface area contributed by atoms with Gasteiger partial charge in [-0.25, -0.2) is 4.79 Å². The molecule has 1 atom stereocenters. The van der Waals surface area contributed by atoms with Crippen LogP contribution in [0, 0.1) is 10.1 Å². The zero-order valence-corrected chi connectivity index (χ0v) is 12.9. The number of benzene rings is 1. The summed E-state index contributed by atoms with van der Waals surface area (Å²) in [5.74, 6) is 0.545. The van der Waals surface area contributed by atoms with Gasteiger partial charge in [0.2, 0.25) is 0 Å². The van der Waals surface area contributed by atoms with E-state index >= 15 is 0 Å². The van der Waals surface area contributed by atoms with Crippen LogP contribution < -0.4 is 10.6 Å². The molecule has 2 rings (SSSR count). The lowest BCUT2D eigenvalue weighted by Crippen LogP contribution is -2.34. The molecule has 1 aromatic carbocycles. The van der Waals surface area contributed by atoms with E-state index in [-0.39, 0.29) is 17.3 Å². The van der Waals surface area contributed by atoms with E-state index in [9.17, 15) is 14.9 Å². The summed E-state index contributed by atoms with van der Waals surface area (Å²) in [6, 6.07) is 6.34. The van der Waals surface area contributed by atoms with Gasteiger partial charge < -0.3 is 19.8 Å². The van der Waals surface area contributed by atoms with Crippen LogP contribution in [-0.4, -0.2) is 24.7 Å². The number of amides is 2. The highest BCUT2D eigenvalue weighted by molar-refractivity contribution is 6.33. The first-order chi connectivity index (χ1) is 11.0. The minimum Gasteiger partial charge on any atom is -0.467 e. The van der Waals surface area contributed by atoms with Crippen molar-refractivity contribution in [1.29, 1.82) is 0 Å². The molecule has 2 N–H and O–H groups in total. The SMILES string of the molecule is COC[C@H](NC(=O)Nc1ccc([N+](=O)[O-])c(Cl)c1)c1ccco1. The summed E-state index contributed by atoms with van der Waals surface area (Å²) < 4.78 is 10.3. The van der Waals surface area contributed by atoms with Crippen LogP contribution in [0.4, 0.5) is 16.2 Å². The maximum atomic E-state index is 12.0. The molecule has 0 fully saturated rings. The number of carbonyl (C=O) groups is 1. The van der Waals surface area contributed by atoms with Crippen molar-refractivity contribution in [3.05, 3.63) is 57.5 Å². The molecule has 0 aliphatic heterocycles. The number of hydrogen-bond donors (Lipinski definition) is 2. The first-order valence-corrected chi connectivity index (χ1v) is 6.93. The van der Waals surface area contributed by atoms with Gasteiger partial charge in [-0.2, -0.15) is 0 Å². The topological polar surface area (TPSA) is 107 Å². The molecule has 1 aromatic heterocycles. The monoisotopic (exact) mass is 339 g/mol. The third kappa shape index (κ3) is 4.44. The summed E-state index contributed by atoms with van der Waals surface area (Å²) >= 11 is 5.80. The molecule has 0 aliphatic carbocycles. The first kappa shape index (κ1) is 16.8. The van der Waals surface area contributed by atoms with E-state index in [0.29, 0.717) is 11.4 Å². The van der Waals surface area contributed by atoms with Gasteiger partial charge in [0.05, 0.1) is 17.8 Å². The second-order valence-electron chi connectivity index (χ2n) is 4.55. The number of hydrogen-bond acceptors (Lipinski definition) is 5. The van der Waals surface area contributed by atoms with Crippen molar-refractivity contribution < 1.29 is 18.9 Å². The normalized spacial score (nSPS) is 11.7. The van der Waals surface area contributed by atoms with Crippen LogP contribution in [0.5, 0.6) is 0 Å². The van der Waals surface area contributed by atoms with Gasteiger partial charge in [0.1, 0.15) is 16.8 Å². The number of methoxy groups -OCH3 is 1. The third-order valence-corrected chi connectivity index (χ3v) is 3.23. The largest absolute Gasteiger partial charge is 0.467 e. The van der Waals surface area contributed by atoms with E-state index in [1.54, 1.807) is 12.1 Å². The van der Waals surface area contributed by atoms with Gasteiger partial charge in [-0.15, -0.1) is 0 Å². The van der Waals surface area contributed by atoms with Gasteiger partial charge in [0.25, 0.3) is 5.69 Å². The standard InChI is InChI=1S/C14H14ClN3O5/c1-22-8-11(13-3-2-6-23-13)17-14(19)16-9-4-5-12(18(20)21)10(15)7-9/h2-7,11H,8H2,1H3,(H2,16,17,19)/t11-/m0/s1. The molecule has 0 unspecified atom stereocenters. The lowest BCUT2D eigenvalue weighted by atomic mass is 10.2. The summed E-state index contributed by atoms with van der Waals surface area (Å²) in [7, 11) is 1.51. The van der Waals surface area contributed by atoms with Crippen molar-refractivity contribution in [2.75, 3.05) is 19.0 Å². The Bertz CT molecular complexity index is 690. The molecule has 0 bridgehead atoms. The average molecular weight is 340 g/mol. The Labute approximate surface area is 136 Å². The highest BCUT2D eigenvalue weighted by atomic mass is 35.5.